The Labute approximate surface area is 186 Å². The Balaban J connectivity index is 1.77. The van der Waals surface area contributed by atoms with E-state index in [9.17, 15) is 0 Å². The van der Waals surface area contributed by atoms with Gasteiger partial charge in [-0.25, -0.2) is 0 Å². The van der Waals surface area contributed by atoms with E-state index in [1.165, 1.54) is 36.2 Å². The number of nitrogens with one attached hydrogen (secondary N) is 1. The van der Waals surface area contributed by atoms with Gasteiger partial charge in [-0.2, -0.15) is 0 Å². The van der Waals surface area contributed by atoms with Gasteiger partial charge in [-0.3, -0.25) is 0 Å². The number of nitrogens with zero attached hydrogens (tertiary/aromatic N) is 2. The summed E-state index contributed by atoms with van der Waals surface area (Å²) in [6.07, 6.45) is 4.62. The molecule has 1 heterocycles. The van der Waals surface area contributed by atoms with Crippen LogP contribution in [0, 0.1) is 0 Å². The molecule has 3 nitrogen and oxygen atoms in total. The maximum Gasteiger partial charge on any atom is 0.173 e. The summed E-state index contributed by atoms with van der Waals surface area (Å²) in [5, 5.41) is 4.82. The molecule has 0 spiro atoms. The molecule has 0 bridgehead atoms. The van der Waals surface area contributed by atoms with Crippen LogP contribution in [-0.4, -0.2) is 29.1 Å². The van der Waals surface area contributed by atoms with Crippen molar-refractivity contribution in [3.05, 3.63) is 58.6 Å². The highest BCUT2D eigenvalue weighted by molar-refractivity contribution is 7.80. The van der Waals surface area contributed by atoms with Crippen molar-refractivity contribution in [2.24, 2.45) is 0 Å². The number of halogens is 1. The first-order valence-electron chi connectivity index (χ1n) is 10.7. The van der Waals surface area contributed by atoms with Crippen molar-refractivity contribution in [3.63, 3.8) is 0 Å². The number of benzene rings is 2. The van der Waals surface area contributed by atoms with Crippen LogP contribution in [0.15, 0.2) is 42.5 Å². The third-order valence-electron chi connectivity index (χ3n) is 5.66. The van der Waals surface area contributed by atoms with Crippen molar-refractivity contribution < 1.29 is 0 Å². The van der Waals surface area contributed by atoms with Crippen molar-refractivity contribution in [1.29, 1.82) is 0 Å². The second-order valence-electron chi connectivity index (χ2n) is 7.88. The van der Waals surface area contributed by atoms with Gasteiger partial charge in [-0.05, 0) is 80.2 Å². The molecule has 2 aromatic carbocycles. The van der Waals surface area contributed by atoms with Crippen LogP contribution in [0.1, 0.15) is 51.2 Å². The molecular formula is C24H32ClN3S. The summed E-state index contributed by atoms with van der Waals surface area (Å²) in [7, 11) is 0. The lowest BCUT2D eigenvalue weighted by molar-refractivity contribution is 0.319. The molecule has 0 fully saturated rings. The largest absolute Gasteiger partial charge is 0.371 e. The number of hydrogen-bond donors (Lipinski definition) is 1. The van der Waals surface area contributed by atoms with Gasteiger partial charge in [0.05, 0.1) is 0 Å². The van der Waals surface area contributed by atoms with E-state index in [1.54, 1.807) is 0 Å². The first-order chi connectivity index (χ1) is 14.0. The maximum atomic E-state index is 6.13. The first kappa shape index (κ1) is 21.9. The van der Waals surface area contributed by atoms with Crippen molar-refractivity contribution in [3.8, 4) is 0 Å². The van der Waals surface area contributed by atoms with Crippen molar-refractivity contribution in [2.75, 3.05) is 23.3 Å². The fourth-order valence-corrected chi connectivity index (χ4v) is 4.49. The minimum Gasteiger partial charge on any atom is -0.371 e. The molecule has 5 heteroatoms. The average Bonchev–Trinajstić information content (AvgIpc) is 2.71. The van der Waals surface area contributed by atoms with Gasteiger partial charge < -0.3 is 15.1 Å². The number of aryl methyl sites for hydroxylation is 1. The average molecular weight is 430 g/mol. The zero-order chi connectivity index (χ0) is 20.8. The Morgan fingerprint density at radius 1 is 1.24 bits per heavy atom. The molecule has 0 aromatic heterocycles. The number of anilines is 2. The lowest BCUT2D eigenvalue weighted by atomic mass is 9.98. The van der Waals surface area contributed by atoms with Crippen molar-refractivity contribution in [1.82, 2.24) is 4.90 Å². The Kier molecular flexibility index (Phi) is 7.79. The summed E-state index contributed by atoms with van der Waals surface area (Å²) in [4.78, 5) is 4.81. The molecule has 0 aliphatic carbocycles. The normalized spacial score (nSPS) is 14.3. The third-order valence-corrected chi connectivity index (χ3v) is 6.24. The Bertz CT molecular complexity index is 839. The molecule has 0 amide bonds. The molecule has 0 radical (unpaired) electrons. The number of fused-ring (bicyclic) bond motifs is 1. The van der Waals surface area contributed by atoms with Crippen LogP contribution in [-0.2, 0) is 13.0 Å². The van der Waals surface area contributed by atoms with E-state index in [-0.39, 0.29) is 0 Å². The highest BCUT2D eigenvalue weighted by Gasteiger charge is 2.20. The Morgan fingerprint density at radius 3 is 2.79 bits per heavy atom. The van der Waals surface area contributed by atoms with Crippen molar-refractivity contribution >= 4 is 40.3 Å². The highest BCUT2D eigenvalue weighted by atomic mass is 35.5. The Hall–Kier alpha value is -1.78. The van der Waals surface area contributed by atoms with Crippen LogP contribution in [0.5, 0.6) is 0 Å². The fourth-order valence-electron chi connectivity index (χ4n) is 3.94. The molecule has 3 rings (SSSR count). The van der Waals surface area contributed by atoms with Gasteiger partial charge in [0.2, 0.25) is 0 Å². The summed E-state index contributed by atoms with van der Waals surface area (Å²) in [5.41, 5.74) is 5.13. The molecule has 0 saturated carbocycles. The van der Waals surface area contributed by atoms with Gasteiger partial charge in [-0.15, -0.1) is 0 Å². The lowest BCUT2D eigenvalue weighted by Crippen LogP contribution is -2.40. The minimum atomic E-state index is 0.349. The van der Waals surface area contributed by atoms with E-state index in [1.807, 2.05) is 24.3 Å². The summed E-state index contributed by atoms with van der Waals surface area (Å²) in [6.45, 7) is 9.80. The van der Waals surface area contributed by atoms with Gasteiger partial charge in [0, 0.05) is 42.1 Å². The molecule has 1 atom stereocenters. The van der Waals surface area contributed by atoms with Crippen LogP contribution in [0.3, 0.4) is 0 Å². The fraction of sp³-hybridized carbons (Fsp3) is 0.458. The van der Waals surface area contributed by atoms with E-state index in [0.717, 1.165) is 36.7 Å². The molecule has 1 N–H and O–H groups in total. The highest BCUT2D eigenvalue weighted by Crippen LogP contribution is 2.29. The predicted octanol–water partition coefficient (Wildman–Crippen LogP) is 6.50. The molecule has 29 heavy (non-hydrogen) atoms. The van der Waals surface area contributed by atoms with Crippen LogP contribution in [0.2, 0.25) is 5.02 Å². The number of hydrogen-bond acceptors (Lipinski definition) is 2. The zero-order valence-corrected chi connectivity index (χ0v) is 19.3. The predicted molar refractivity (Wildman–Crippen MR) is 130 cm³/mol. The smallest absolute Gasteiger partial charge is 0.173 e. The SMILES string of the molecule is CCCN1CCCc2cc(CN(C(=S)Nc3cccc(Cl)c3)C(C)CC)ccc21. The van der Waals surface area contributed by atoms with Crippen LogP contribution >= 0.6 is 23.8 Å². The van der Waals surface area contributed by atoms with Crippen molar-refractivity contribution in [2.45, 2.75) is 59.0 Å². The van der Waals surface area contributed by atoms with Gasteiger partial charge >= 0.3 is 0 Å². The summed E-state index contributed by atoms with van der Waals surface area (Å²) >= 11 is 11.9. The van der Waals surface area contributed by atoms with Gasteiger partial charge in [0.15, 0.2) is 5.11 Å². The standard InChI is InChI=1S/C24H32ClN3S/c1-4-13-27-14-7-8-20-15-19(11-12-23(20)27)17-28(18(3)5-2)24(29)26-22-10-6-9-21(25)16-22/h6,9-12,15-16,18H,4-5,7-8,13-14,17H2,1-3H3,(H,26,29). The van der Waals surface area contributed by atoms with Gasteiger partial charge in [-0.1, -0.05) is 43.6 Å². The molecule has 2 aromatic rings. The summed E-state index contributed by atoms with van der Waals surface area (Å²) < 4.78 is 0. The van der Waals surface area contributed by atoms with E-state index in [0.29, 0.717) is 11.1 Å². The van der Waals surface area contributed by atoms with E-state index in [4.69, 9.17) is 23.8 Å². The van der Waals surface area contributed by atoms with E-state index < -0.39 is 0 Å². The van der Waals surface area contributed by atoms with Crippen LogP contribution < -0.4 is 10.2 Å². The lowest BCUT2D eigenvalue weighted by Gasteiger charge is -2.33. The maximum absolute atomic E-state index is 6.13. The van der Waals surface area contributed by atoms with E-state index >= 15 is 0 Å². The quantitative estimate of drug-likeness (QED) is 0.506. The molecule has 0 saturated heterocycles. The van der Waals surface area contributed by atoms with Crippen LogP contribution in [0.4, 0.5) is 11.4 Å². The minimum absolute atomic E-state index is 0.349. The molecule has 1 unspecified atom stereocenters. The van der Waals surface area contributed by atoms with Crippen LogP contribution in [0.25, 0.3) is 0 Å². The molecule has 156 valence electrons. The third kappa shape index (κ3) is 5.64. The summed E-state index contributed by atoms with van der Waals surface area (Å²) in [6, 6.07) is 15.0. The molecule has 1 aliphatic heterocycles. The van der Waals surface area contributed by atoms with Gasteiger partial charge in [0.1, 0.15) is 0 Å². The summed E-state index contributed by atoms with van der Waals surface area (Å²) in [5.74, 6) is 0. The second kappa shape index (κ2) is 10.3. The molecular weight excluding hydrogens is 398 g/mol. The van der Waals surface area contributed by atoms with Gasteiger partial charge in [0.25, 0.3) is 0 Å². The second-order valence-corrected chi connectivity index (χ2v) is 8.70. The molecule has 1 aliphatic rings. The zero-order valence-electron chi connectivity index (χ0n) is 17.7. The number of rotatable bonds is 7. The number of thiocarbonyl (C=S) groups is 1. The Morgan fingerprint density at radius 2 is 2.07 bits per heavy atom. The monoisotopic (exact) mass is 429 g/mol. The topological polar surface area (TPSA) is 18.5 Å². The van der Waals surface area contributed by atoms with E-state index in [2.05, 4.69) is 54.1 Å². The first-order valence-corrected chi connectivity index (χ1v) is 11.5.